The van der Waals surface area contributed by atoms with Crippen molar-refractivity contribution in [3.63, 3.8) is 0 Å². The summed E-state index contributed by atoms with van der Waals surface area (Å²) in [5, 5.41) is 2.72. The lowest BCUT2D eigenvalue weighted by Gasteiger charge is -2.29. The van der Waals surface area contributed by atoms with E-state index in [1.807, 2.05) is 12.1 Å². The molecule has 3 heteroatoms. The first-order valence-electron chi connectivity index (χ1n) is 14.4. The highest BCUT2D eigenvalue weighted by atomic mass is 16.5. The van der Waals surface area contributed by atoms with Crippen LogP contribution >= 0.6 is 0 Å². The van der Waals surface area contributed by atoms with Crippen LogP contribution in [-0.2, 0) is 11.2 Å². The van der Waals surface area contributed by atoms with E-state index in [-0.39, 0.29) is 5.91 Å². The Bertz CT molecular complexity index is 1170. The molecule has 0 bridgehead atoms. The quantitative estimate of drug-likeness (QED) is 0.196. The first kappa shape index (κ1) is 27.7. The van der Waals surface area contributed by atoms with Gasteiger partial charge in [0.1, 0.15) is 12.4 Å². The molecule has 0 aromatic heterocycles. The van der Waals surface area contributed by atoms with Gasteiger partial charge in [-0.05, 0) is 109 Å². The van der Waals surface area contributed by atoms with Crippen molar-refractivity contribution in [1.29, 1.82) is 0 Å². The topological polar surface area (TPSA) is 38.3 Å². The molecule has 0 radical (unpaired) electrons. The third kappa shape index (κ3) is 7.60. The van der Waals surface area contributed by atoms with Crippen LogP contribution in [0.25, 0.3) is 11.1 Å². The van der Waals surface area contributed by atoms with Gasteiger partial charge in [-0.2, -0.15) is 0 Å². The maximum Gasteiger partial charge on any atom is 0.243 e. The zero-order valence-corrected chi connectivity index (χ0v) is 23.2. The van der Waals surface area contributed by atoms with Gasteiger partial charge < -0.3 is 10.1 Å². The number of aryl methyl sites for hydroxylation is 2. The number of rotatable bonds is 12. The maximum atomic E-state index is 11.2. The molecule has 3 aromatic rings. The summed E-state index contributed by atoms with van der Waals surface area (Å²) in [6.07, 6.45) is 11.5. The van der Waals surface area contributed by atoms with E-state index in [1.54, 1.807) is 0 Å². The van der Waals surface area contributed by atoms with Crippen LogP contribution in [0.4, 0.5) is 0 Å². The number of hydrogen-bond donors (Lipinski definition) is 1. The first-order chi connectivity index (χ1) is 18.6. The fourth-order valence-electron chi connectivity index (χ4n) is 5.71. The number of carbonyl (C=O) groups excluding carboxylic acids is 1. The second kappa shape index (κ2) is 14.0. The smallest absolute Gasteiger partial charge is 0.243 e. The van der Waals surface area contributed by atoms with Crippen LogP contribution < -0.4 is 10.1 Å². The summed E-state index contributed by atoms with van der Waals surface area (Å²) in [7, 11) is 0. The lowest BCUT2D eigenvalue weighted by molar-refractivity contribution is -0.116. The van der Waals surface area contributed by atoms with Gasteiger partial charge in [-0.3, -0.25) is 4.79 Å². The van der Waals surface area contributed by atoms with Gasteiger partial charge in [0, 0.05) is 0 Å². The molecular formula is C35H43NO2. The van der Waals surface area contributed by atoms with Crippen LogP contribution in [0.1, 0.15) is 86.0 Å². The van der Waals surface area contributed by atoms with E-state index in [0.29, 0.717) is 25.0 Å². The molecular weight excluding hydrogens is 466 g/mol. The Balaban J connectivity index is 1.29. The highest BCUT2D eigenvalue weighted by Gasteiger charge is 2.24. The van der Waals surface area contributed by atoms with Crippen molar-refractivity contribution in [3.05, 3.63) is 102 Å². The number of amides is 1. The van der Waals surface area contributed by atoms with E-state index in [2.05, 4.69) is 80.3 Å². The number of nitrogens with one attached hydrogen (secondary N) is 1. The zero-order chi connectivity index (χ0) is 26.7. The summed E-state index contributed by atoms with van der Waals surface area (Å²) in [6.45, 7) is 8.82. The number of carbonyl (C=O) groups is 1. The van der Waals surface area contributed by atoms with Crippen molar-refractivity contribution in [2.45, 2.75) is 77.0 Å². The molecule has 1 fully saturated rings. The average Bonchev–Trinajstić information content (AvgIpc) is 2.96. The van der Waals surface area contributed by atoms with Gasteiger partial charge in [-0.15, -0.1) is 0 Å². The standard InChI is InChI=1S/C35H43NO2/c1-4-6-7-8-27-9-11-28(12-10-27)29-13-15-30(16-14-29)32-19-22-34(26(3)25-32)31-17-20-33(21-18-31)38-24-23-36-35(37)5-2/h5,9-12,17-22,25,29-30H,2,4,6-8,13-16,23-24H2,1,3H3,(H,36,37). The molecule has 4 rings (SSSR count). The predicted molar refractivity (Wildman–Crippen MR) is 159 cm³/mol. The van der Waals surface area contributed by atoms with Gasteiger partial charge >= 0.3 is 0 Å². The molecule has 3 aromatic carbocycles. The molecule has 1 aliphatic carbocycles. The SMILES string of the molecule is C=CC(=O)NCCOc1ccc(-c2ccc(C3CCC(c4ccc(CCCCC)cc4)CC3)cc2C)cc1. The fraction of sp³-hybridized carbons (Fsp3) is 0.400. The molecule has 1 amide bonds. The second-order valence-electron chi connectivity index (χ2n) is 10.7. The van der Waals surface area contributed by atoms with E-state index in [0.717, 1.165) is 5.75 Å². The molecule has 0 heterocycles. The normalized spacial score (nSPS) is 17.1. The van der Waals surface area contributed by atoms with Crippen molar-refractivity contribution in [2.24, 2.45) is 0 Å². The summed E-state index contributed by atoms with van der Waals surface area (Å²) in [5.74, 6) is 1.98. The Morgan fingerprint density at radius 1 is 0.921 bits per heavy atom. The molecule has 0 aliphatic heterocycles. The highest BCUT2D eigenvalue weighted by Crippen LogP contribution is 2.41. The van der Waals surface area contributed by atoms with Crippen molar-refractivity contribution >= 4 is 5.91 Å². The third-order valence-corrected chi connectivity index (χ3v) is 7.99. The zero-order valence-electron chi connectivity index (χ0n) is 23.2. The largest absolute Gasteiger partial charge is 0.492 e. The van der Waals surface area contributed by atoms with Gasteiger partial charge in [0.05, 0.1) is 6.54 Å². The van der Waals surface area contributed by atoms with Crippen LogP contribution in [0.3, 0.4) is 0 Å². The molecule has 0 unspecified atom stereocenters. The minimum atomic E-state index is -0.182. The lowest BCUT2D eigenvalue weighted by Crippen LogP contribution is -2.26. The van der Waals surface area contributed by atoms with Crippen LogP contribution in [0.2, 0.25) is 0 Å². The highest BCUT2D eigenvalue weighted by molar-refractivity contribution is 5.86. The van der Waals surface area contributed by atoms with E-state index in [1.165, 1.54) is 90.8 Å². The summed E-state index contributed by atoms with van der Waals surface area (Å²) in [6, 6.07) is 24.7. The van der Waals surface area contributed by atoms with Crippen LogP contribution in [0.5, 0.6) is 5.75 Å². The Kier molecular flexibility index (Phi) is 10.2. The number of benzene rings is 3. The Morgan fingerprint density at radius 2 is 1.58 bits per heavy atom. The molecule has 0 spiro atoms. The van der Waals surface area contributed by atoms with Crippen molar-refractivity contribution in [1.82, 2.24) is 5.32 Å². The summed E-state index contributed by atoms with van der Waals surface area (Å²) in [5.41, 5.74) is 8.29. The van der Waals surface area contributed by atoms with E-state index in [4.69, 9.17) is 4.74 Å². The van der Waals surface area contributed by atoms with E-state index < -0.39 is 0 Å². The van der Waals surface area contributed by atoms with Gasteiger partial charge in [0.2, 0.25) is 5.91 Å². The van der Waals surface area contributed by atoms with Crippen molar-refractivity contribution in [2.75, 3.05) is 13.2 Å². The molecule has 38 heavy (non-hydrogen) atoms. The van der Waals surface area contributed by atoms with E-state index >= 15 is 0 Å². The Labute approximate surface area is 229 Å². The summed E-state index contributed by atoms with van der Waals surface area (Å²) < 4.78 is 5.74. The van der Waals surface area contributed by atoms with Crippen molar-refractivity contribution < 1.29 is 9.53 Å². The molecule has 0 saturated heterocycles. The monoisotopic (exact) mass is 509 g/mol. The van der Waals surface area contributed by atoms with Gasteiger partial charge in [-0.1, -0.05) is 80.9 Å². The summed E-state index contributed by atoms with van der Waals surface area (Å²) in [4.78, 5) is 11.2. The number of ether oxygens (including phenoxy) is 1. The molecule has 200 valence electrons. The molecule has 1 saturated carbocycles. The summed E-state index contributed by atoms with van der Waals surface area (Å²) >= 11 is 0. The maximum absolute atomic E-state index is 11.2. The van der Waals surface area contributed by atoms with Gasteiger partial charge in [0.15, 0.2) is 0 Å². The van der Waals surface area contributed by atoms with Crippen LogP contribution in [0, 0.1) is 6.92 Å². The third-order valence-electron chi connectivity index (χ3n) is 7.99. The molecule has 3 nitrogen and oxygen atoms in total. The Morgan fingerprint density at radius 3 is 2.21 bits per heavy atom. The van der Waals surface area contributed by atoms with Gasteiger partial charge in [-0.25, -0.2) is 0 Å². The number of hydrogen-bond acceptors (Lipinski definition) is 2. The molecule has 0 atom stereocenters. The second-order valence-corrected chi connectivity index (χ2v) is 10.7. The molecule has 1 aliphatic rings. The average molecular weight is 510 g/mol. The Hall–Kier alpha value is -3.33. The fourth-order valence-corrected chi connectivity index (χ4v) is 5.71. The van der Waals surface area contributed by atoms with Crippen molar-refractivity contribution in [3.8, 4) is 16.9 Å². The van der Waals surface area contributed by atoms with Crippen LogP contribution in [-0.4, -0.2) is 19.1 Å². The van der Waals surface area contributed by atoms with Crippen LogP contribution in [0.15, 0.2) is 79.4 Å². The minimum absolute atomic E-state index is 0.182. The minimum Gasteiger partial charge on any atom is -0.492 e. The van der Waals surface area contributed by atoms with E-state index in [9.17, 15) is 4.79 Å². The van der Waals surface area contributed by atoms with Gasteiger partial charge in [0.25, 0.3) is 0 Å². The lowest BCUT2D eigenvalue weighted by atomic mass is 9.75. The number of unbranched alkanes of at least 4 members (excludes halogenated alkanes) is 2. The predicted octanol–water partition coefficient (Wildman–Crippen LogP) is 8.52. The first-order valence-corrected chi connectivity index (χ1v) is 14.4. The molecule has 1 N–H and O–H groups in total.